The minimum absolute atomic E-state index is 0.643. The zero-order valence-corrected chi connectivity index (χ0v) is 14.3. The summed E-state index contributed by atoms with van der Waals surface area (Å²) in [5.74, 6) is 0.737. The van der Waals surface area contributed by atoms with E-state index in [9.17, 15) is 0 Å². The number of hydrogen-bond acceptors (Lipinski definition) is 0. The predicted molar refractivity (Wildman–Crippen MR) is 59.0 cm³/mol. The summed E-state index contributed by atoms with van der Waals surface area (Å²) in [6.45, 7) is 4.54. The first kappa shape index (κ1) is 10.4. The second-order valence-corrected chi connectivity index (χ2v) is 7.51. The molecule has 66 valence electrons. The topological polar surface area (TPSA) is 0 Å². The molecule has 12 heavy (non-hydrogen) atoms. The van der Waals surface area contributed by atoms with E-state index in [0.717, 1.165) is 14.9 Å². The maximum absolute atomic E-state index is 6.10. The normalized spacial score (nSPS) is 13.7. The number of benzene rings is 1. The molecule has 0 aliphatic heterocycles. The fourth-order valence-electron chi connectivity index (χ4n) is 1.20. The van der Waals surface area contributed by atoms with E-state index in [1.807, 2.05) is 12.1 Å². The van der Waals surface area contributed by atoms with Gasteiger partial charge in [0.05, 0.1) is 0 Å². The fraction of sp³-hybridized carbons (Fsp3) is 0.400. The van der Waals surface area contributed by atoms with Crippen LogP contribution < -0.4 is 0 Å². The van der Waals surface area contributed by atoms with Gasteiger partial charge in [0.15, 0.2) is 0 Å². The van der Waals surface area contributed by atoms with Gasteiger partial charge in [-0.05, 0) is 0 Å². The van der Waals surface area contributed by atoms with Crippen LogP contribution in [0, 0.1) is 5.92 Å². The molecular weight excluding hydrogens is 274 g/mol. The molecule has 2 heteroatoms. The number of rotatable bonds is 2. The second-order valence-electron chi connectivity index (χ2n) is 3.55. The summed E-state index contributed by atoms with van der Waals surface area (Å²) in [4.78, 5) is 0. The molecule has 1 atom stereocenters. The Hall–Kier alpha value is 0.309. The molecule has 1 aromatic carbocycles. The van der Waals surface area contributed by atoms with Crippen LogP contribution in [0.25, 0.3) is 0 Å². The van der Waals surface area contributed by atoms with Gasteiger partial charge in [-0.3, -0.25) is 0 Å². The average Bonchev–Trinajstić information content (AvgIpc) is 2.04. The Kier molecular flexibility index (Phi) is 3.91. The SMILES string of the molecule is CC(C)[CH]([SnH3])c1ccccc1Cl. The molecular formula is C10H15ClSn. The van der Waals surface area contributed by atoms with Gasteiger partial charge in [-0.15, -0.1) is 0 Å². The summed E-state index contributed by atoms with van der Waals surface area (Å²) < 4.78 is 0.750. The number of halogens is 1. The molecule has 0 aliphatic rings. The van der Waals surface area contributed by atoms with Gasteiger partial charge in [0.25, 0.3) is 0 Å². The van der Waals surface area contributed by atoms with E-state index in [-0.39, 0.29) is 0 Å². The zero-order valence-electron chi connectivity index (χ0n) is 7.84. The van der Waals surface area contributed by atoms with Crippen molar-refractivity contribution in [3.05, 3.63) is 34.9 Å². The standard InChI is InChI=1S/C10H12Cl.Sn.3H/c1-8(2)7-9-5-3-4-6-10(9)11;;;;/h3-8H,1-2H3;;;;. The number of hydrogen-bond donors (Lipinski definition) is 0. The summed E-state index contributed by atoms with van der Waals surface area (Å²) in [5.41, 5.74) is 1.35. The van der Waals surface area contributed by atoms with Crippen LogP contribution in [0.2, 0.25) is 5.02 Å². The first-order valence-electron chi connectivity index (χ1n) is 4.37. The monoisotopic (exact) mass is 290 g/mol. The van der Waals surface area contributed by atoms with Crippen molar-refractivity contribution in [2.24, 2.45) is 5.92 Å². The molecule has 1 aromatic rings. The third-order valence-electron chi connectivity index (χ3n) is 2.40. The Bertz CT molecular complexity index is 258. The van der Waals surface area contributed by atoms with Crippen LogP contribution in [-0.4, -0.2) is 22.5 Å². The first-order chi connectivity index (χ1) is 5.63. The molecule has 1 unspecified atom stereocenters. The van der Waals surface area contributed by atoms with E-state index in [2.05, 4.69) is 26.0 Å². The Labute approximate surface area is 92.4 Å². The summed E-state index contributed by atoms with van der Waals surface area (Å²) in [7, 11) is 0. The minimum atomic E-state index is 0.643. The van der Waals surface area contributed by atoms with Gasteiger partial charge < -0.3 is 0 Å². The summed E-state index contributed by atoms with van der Waals surface area (Å²) in [6.07, 6.45) is 0. The van der Waals surface area contributed by atoms with Crippen molar-refractivity contribution >= 4 is 34.1 Å². The molecule has 0 fully saturated rings. The maximum atomic E-state index is 6.10. The van der Waals surface area contributed by atoms with Gasteiger partial charge in [-0.25, -0.2) is 0 Å². The average molecular weight is 289 g/mol. The van der Waals surface area contributed by atoms with Gasteiger partial charge in [0.2, 0.25) is 0 Å². The fourth-order valence-corrected chi connectivity index (χ4v) is 3.47. The van der Waals surface area contributed by atoms with E-state index in [1.165, 1.54) is 5.56 Å². The molecule has 0 spiro atoms. The second kappa shape index (κ2) is 4.52. The van der Waals surface area contributed by atoms with Crippen LogP contribution in [0.3, 0.4) is 0 Å². The summed E-state index contributed by atoms with van der Waals surface area (Å²) in [5, 5.41) is 0.940. The van der Waals surface area contributed by atoms with Gasteiger partial charge in [-0.2, -0.15) is 0 Å². The van der Waals surface area contributed by atoms with Gasteiger partial charge >= 0.3 is 92.7 Å². The predicted octanol–water partition coefficient (Wildman–Crippen LogP) is 2.40. The third-order valence-corrected chi connectivity index (χ3v) is 8.32. The third kappa shape index (κ3) is 2.40. The van der Waals surface area contributed by atoms with Gasteiger partial charge in [0, 0.05) is 0 Å². The van der Waals surface area contributed by atoms with E-state index < -0.39 is 0 Å². The van der Waals surface area contributed by atoms with Crippen molar-refractivity contribution < 1.29 is 0 Å². The van der Waals surface area contributed by atoms with Crippen LogP contribution >= 0.6 is 11.6 Å². The van der Waals surface area contributed by atoms with Crippen LogP contribution in [0.4, 0.5) is 0 Å². The van der Waals surface area contributed by atoms with Crippen molar-refractivity contribution in [3.63, 3.8) is 0 Å². The molecule has 0 radical (unpaired) electrons. The quantitative estimate of drug-likeness (QED) is 0.734. The summed E-state index contributed by atoms with van der Waals surface area (Å²) >= 11 is 6.74. The van der Waals surface area contributed by atoms with Crippen molar-refractivity contribution in [3.8, 4) is 0 Å². The first-order valence-corrected chi connectivity index (χ1v) is 8.04. The Balaban J connectivity index is 2.94. The molecule has 0 saturated heterocycles. The molecule has 0 N–H and O–H groups in total. The molecule has 0 amide bonds. The Morgan fingerprint density at radius 1 is 1.25 bits per heavy atom. The molecule has 0 nitrogen and oxygen atoms in total. The summed E-state index contributed by atoms with van der Waals surface area (Å²) in [6, 6.07) is 8.21. The van der Waals surface area contributed by atoms with Crippen molar-refractivity contribution in [1.29, 1.82) is 0 Å². The van der Waals surface area contributed by atoms with E-state index >= 15 is 0 Å². The Morgan fingerprint density at radius 2 is 1.83 bits per heavy atom. The van der Waals surface area contributed by atoms with Crippen LogP contribution in [0.15, 0.2) is 24.3 Å². The molecule has 0 heterocycles. The molecule has 0 bridgehead atoms. The van der Waals surface area contributed by atoms with Gasteiger partial charge in [0.1, 0.15) is 0 Å². The molecule has 0 aliphatic carbocycles. The van der Waals surface area contributed by atoms with Crippen molar-refractivity contribution in [1.82, 2.24) is 0 Å². The van der Waals surface area contributed by atoms with E-state index in [0.29, 0.717) is 22.5 Å². The van der Waals surface area contributed by atoms with Crippen LogP contribution in [-0.2, 0) is 0 Å². The van der Waals surface area contributed by atoms with Crippen molar-refractivity contribution in [2.75, 3.05) is 0 Å². The molecule has 1 rings (SSSR count). The zero-order chi connectivity index (χ0) is 9.14. The van der Waals surface area contributed by atoms with E-state index in [4.69, 9.17) is 11.6 Å². The molecule has 0 aromatic heterocycles. The van der Waals surface area contributed by atoms with Crippen LogP contribution in [0.1, 0.15) is 23.3 Å². The van der Waals surface area contributed by atoms with Crippen molar-refractivity contribution in [2.45, 2.75) is 17.8 Å². The van der Waals surface area contributed by atoms with E-state index in [1.54, 1.807) is 0 Å². The van der Waals surface area contributed by atoms with Gasteiger partial charge in [-0.1, -0.05) is 0 Å². The van der Waals surface area contributed by atoms with Crippen LogP contribution in [0.5, 0.6) is 0 Å². The molecule has 0 saturated carbocycles. The Morgan fingerprint density at radius 3 is 2.33 bits per heavy atom.